The Hall–Kier alpha value is -0.880. The molecule has 0 bridgehead atoms. The molecule has 0 saturated heterocycles. The molecule has 1 aromatic heterocycles. The Labute approximate surface area is 116 Å². The number of hydrogen-bond donors (Lipinski definition) is 1. The van der Waals surface area contributed by atoms with Crippen LogP contribution in [0.25, 0.3) is 0 Å². The molecule has 2 N–H and O–H groups in total. The number of anilines is 1. The Morgan fingerprint density at radius 3 is 2.83 bits per heavy atom. The van der Waals surface area contributed by atoms with Crippen LogP contribution in [0.3, 0.4) is 0 Å². The average Bonchev–Trinajstić information content (AvgIpc) is 2.39. The van der Waals surface area contributed by atoms with Gasteiger partial charge in [-0.05, 0) is 28.8 Å². The first-order valence-electron chi connectivity index (χ1n) is 6.18. The van der Waals surface area contributed by atoms with Gasteiger partial charge in [-0.15, -0.1) is 0 Å². The van der Waals surface area contributed by atoms with Crippen molar-refractivity contribution >= 4 is 21.9 Å². The van der Waals surface area contributed by atoms with Crippen LogP contribution in [0.1, 0.15) is 25.7 Å². The molecule has 2 unspecified atom stereocenters. The van der Waals surface area contributed by atoms with Crippen molar-refractivity contribution in [3.8, 4) is 5.88 Å². The van der Waals surface area contributed by atoms with E-state index in [4.69, 9.17) is 10.5 Å². The van der Waals surface area contributed by atoms with Crippen LogP contribution < -0.4 is 15.4 Å². The summed E-state index contributed by atoms with van der Waals surface area (Å²) in [6, 6.07) is 0.506. The quantitative estimate of drug-likeness (QED) is 0.924. The van der Waals surface area contributed by atoms with E-state index in [0.717, 1.165) is 17.3 Å². The van der Waals surface area contributed by atoms with E-state index in [2.05, 4.69) is 30.8 Å². The Balaban J connectivity index is 2.19. The predicted molar refractivity (Wildman–Crippen MR) is 74.9 cm³/mol. The highest BCUT2D eigenvalue weighted by Gasteiger charge is 2.27. The Bertz CT molecular complexity index is 415. The fourth-order valence-corrected chi connectivity index (χ4v) is 2.78. The van der Waals surface area contributed by atoms with Gasteiger partial charge in [-0.3, -0.25) is 0 Å². The summed E-state index contributed by atoms with van der Waals surface area (Å²) in [5.41, 5.74) is 6.18. The monoisotopic (exact) mass is 314 g/mol. The van der Waals surface area contributed by atoms with E-state index < -0.39 is 0 Å². The summed E-state index contributed by atoms with van der Waals surface area (Å²) >= 11 is 3.35. The van der Waals surface area contributed by atoms with E-state index in [9.17, 15) is 0 Å². The van der Waals surface area contributed by atoms with Crippen LogP contribution in [-0.2, 0) is 0 Å². The number of nitrogens with two attached hydrogens (primary N) is 1. The molecule has 0 radical (unpaired) electrons. The van der Waals surface area contributed by atoms with Crippen LogP contribution in [0.2, 0.25) is 0 Å². The molecule has 1 aliphatic carbocycles. The Kier molecular flexibility index (Phi) is 4.40. The number of rotatable bonds is 3. The molecule has 1 heterocycles. The summed E-state index contributed by atoms with van der Waals surface area (Å²) in [6.07, 6.45) is 6.32. The molecule has 18 heavy (non-hydrogen) atoms. The first kappa shape index (κ1) is 13.5. The van der Waals surface area contributed by atoms with Gasteiger partial charge in [-0.2, -0.15) is 4.98 Å². The Morgan fingerprint density at radius 2 is 2.17 bits per heavy atom. The van der Waals surface area contributed by atoms with E-state index in [1.807, 2.05) is 7.05 Å². The predicted octanol–water partition coefficient (Wildman–Crippen LogP) is 1.95. The molecule has 1 fully saturated rings. The van der Waals surface area contributed by atoms with Gasteiger partial charge in [0.2, 0.25) is 11.8 Å². The molecule has 0 amide bonds. The van der Waals surface area contributed by atoms with Gasteiger partial charge in [-0.25, -0.2) is 4.98 Å². The third-order valence-electron chi connectivity index (χ3n) is 3.49. The van der Waals surface area contributed by atoms with Crippen LogP contribution in [0, 0.1) is 0 Å². The minimum Gasteiger partial charge on any atom is -0.480 e. The number of halogens is 1. The number of ether oxygens (including phenoxy) is 1. The SMILES string of the molecule is COc1nc(N(C)C2CCCCC2N)ncc1Br. The fourth-order valence-electron chi connectivity index (χ4n) is 2.42. The van der Waals surface area contributed by atoms with Crippen molar-refractivity contribution < 1.29 is 4.74 Å². The van der Waals surface area contributed by atoms with E-state index in [1.54, 1.807) is 13.3 Å². The second-order valence-electron chi connectivity index (χ2n) is 4.65. The van der Waals surface area contributed by atoms with Crippen molar-refractivity contribution in [3.05, 3.63) is 10.7 Å². The molecule has 0 spiro atoms. The molecule has 2 atom stereocenters. The normalized spacial score (nSPS) is 23.8. The van der Waals surface area contributed by atoms with Crippen LogP contribution in [0.15, 0.2) is 10.7 Å². The smallest absolute Gasteiger partial charge is 0.232 e. The number of nitrogens with zero attached hydrogens (tertiary/aromatic N) is 3. The van der Waals surface area contributed by atoms with E-state index in [-0.39, 0.29) is 6.04 Å². The second kappa shape index (κ2) is 5.84. The standard InChI is InChI=1S/C12H19BrN4O/c1-17(10-6-4-3-5-9(10)14)12-15-7-8(13)11(16-12)18-2/h7,9-10H,3-6,14H2,1-2H3. The van der Waals surface area contributed by atoms with Gasteiger partial charge in [0.15, 0.2) is 0 Å². The third kappa shape index (κ3) is 2.75. The lowest BCUT2D eigenvalue weighted by atomic mass is 9.90. The minimum atomic E-state index is 0.196. The molecule has 0 aromatic carbocycles. The van der Waals surface area contributed by atoms with Gasteiger partial charge < -0.3 is 15.4 Å². The summed E-state index contributed by atoms with van der Waals surface area (Å²) in [4.78, 5) is 10.8. The highest BCUT2D eigenvalue weighted by molar-refractivity contribution is 9.10. The number of methoxy groups -OCH3 is 1. The number of hydrogen-bond acceptors (Lipinski definition) is 5. The van der Waals surface area contributed by atoms with Crippen molar-refractivity contribution in [1.29, 1.82) is 0 Å². The first-order chi connectivity index (χ1) is 8.63. The van der Waals surface area contributed by atoms with Gasteiger partial charge in [0.05, 0.1) is 17.8 Å². The molecule has 100 valence electrons. The van der Waals surface area contributed by atoms with Crippen LogP contribution in [0.4, 0.5) is 5.95 Å². The van der Waals surface area contributed by atoms with Gasteiger partial charge >= 0.3 is 0 Å². The summed E-state index contributed by atoms with van der Waals surface area (Å²) < 4.78 is 5.95. The first-order valence-corrected chi connectivity index (χ1v) is 6.97. The number of likely N-dealkylation sites (N-methyl/N-ethyl adjacent to an activating group) is 1. The fraction of sp³-hybridized carbons (Fsp3) is 0.667. The topological polar surface area (TPSA) is 64.3 Å². The molecule has 1 aliphatic rings. The van der Waals surface area contributed by atoms with Gasteiger partial charge in [-0.1, -0.05) is 12.8 Å². The van der Waals surface area contributed by atoms with E-state index in [0.29, 0.717) is 17.9 Å². The molecule has 2 rings (SSSR count). The second-order valence-corrected chi connectivity index (χ2v) is 5.51. The lowest BCUT2D eigenvalue weighted by Crippen LogP contribution is -2.48. The highest BCUT2D eigenvalue weighted by atomic mass is 79.9. The molecule has 6 heteroatoms. The molecular formula is C12H19BrN4O. The summed E-state index contributed by atoms with van der Waals surface area (Å²) in [5, 5.41) is 0. The highest BCUT2D eigenvalue weighted by Crippen LogP contribution is 2.27. The van der Waals surface area contributed by atoms with Crippen molar-refractivity contribution in [2.45, 2.75) is 37.8 Å². The maximum absolute atomic E-state index is 6.18. The summed E-state index contributed by atoms with van der Waals surface area (Å²) in [6.45, 7) is 0. The Morgan fingerprint density at radius 1 is 1.44 bits per heavy atom. The summed E-state index contributed by atoms with van der Waals surface area (Å²) in [7, 11) is 3.60. The van der Waals surface area contributed by atoms with Gasteiger partial charge in [0.1, 0.15) is 0 Å². The number of aromatic nitrogens is 2. The minimum absolute atomic E-state index is 0.196. The van der Waals surface area contributed by atoms with E-state index in [1.165, 1.54) is 12.8 Å². The molecular weight excluding hydrogens is 296 g/mol. The lowest BCUT2D eigenvalue weighted by Gasteiger charge is -2.36. The van der Waals surface area contributed by atoms with Gasteiger partial charge in [0, 0.05) is 19.1 Å². The van der Waals surface area contributed by atoms with Crippen molar-refractivity contribution in [1.82, 2.24) is 9.97 Å². The van der Waals surface area contributed by atoms with Crippen molar-refractivity contribution in [2.24, 2.45) is 5.73 Å². The van der Waals surface area contributed by atoms with Crippen molar-refractivity contribution in [2.75, 3.05) is 19.1 Å². The zero-order chi connectivity index (χ0) is 13.1. The average molecular weight is 315 g/mol. The van der Waals surface area contributed by atoms with Crippen LogP contribution in [0.5, 0.6) is 5.88 Å². The van der Waals surface area contributed by atoms with Crippen LogP contribution in [-0.4, -0.2) is 36.2 Å². The maximum atomic E-state index is 6.18. The molecule has 1 aromatic rings. The molecule has 1 saturated carbocycles. The maximum Gasteiger partial charge on any atom is 0.232 e. The largest absolute Gasteiger partial charge is 0.480 e. The molecule has 0 aliphatic heterocycles. The lowest BCUT2D eigenvalue weighted by molar-refractivity contribution is 0.366. The van der Waals surface area contributed by atoms with E-state index >= 15 is 0 Å². The zero-order valence-corrected chi connectivity index (χ0v) is 12.4. The van der Waals surface area contributed by atoms with Crippen molar-refractivity contribution in [3.63, 3.8) is 0 Å². The third-order valence-corrected chi connectivity index (χ3v) is 4.03. The molecule has 5 nitrogen and oxygen atoms in total. The van der Waals surface area contributed by atoms with Gasteiger partial charge in [0.25, 0.3) is 0 Å². The van der Waals surface area contributed by atoms with Crippen LogP contribution >= 0.6 is 15.9 Å². The summed E-state index contributed by atoms with van der Waals surface area (Å²) in [5.74, 6) is 1.22. The zero-order valence-electron chi connectivity index (χ0n) is 10.8.